The number of carbonyl (C=O) groups is 1. The minimum Gasteiger partial charge on any atom is -0.407 e. The number of thiazole rings is 1. The molecular formula is C17H12N4O7S2. The molecule has 0 aliphatic rings. The number of benzene rings is 2. The summed E-state index contributed by atoms with van der Waals surface area (Å²) < 4.78 is 30.0. The number of oxazole rings is 1. The summed E-state index contributed by atoms with van der Waals surface area (Å²) in [5, 5.41) is 13.6. The predicted molar refractivity (Wildman–Crippen MR) is 108 cm³/mol. The lowest BCUT2D eigenvalue weighted by Crippen LogP contribution is -2.24. The summed E-state index contributed by atoms with van der Waals surface area (Å²) in [4.78, 5) is 39.1. The molecule has 30 heavy (non-hydrogen) atoms. The first-order chi connectivity index (χ1) is 14.1. The number of anilines is 1. The van der Waals surface area contributed by atoms with Gasteiger partial charge in [-0.25, -0.2) is 18.2 Å². The molecule has 1 amide bonds. The van der Waals surface area contributed by atoms with Crippen molar-refractivity contribution in [2.75, 3.05) is 11.6 Å². The van der Waals surface area contributed by atoms with Gasteiger partial charge in [0.15, 0.2) is 20.6 Å². The van der Waals surface area contributed by atoms with Crippen LogP contribution < -0.4 is 11.1 Å². The van der Waals surface area contributed by atoms with Crippen molar-refractivity contribution in [1.29, 1.82) is 0 Å². The Morgan fingerprint density at radius 3 is 2.77 bits per heavy atom. The lowest BCUT2D eigenvalue weighted by molar-refractivity contribution is -0.384. The molecule has 0 spiro atoms. The maximum Gasteiger partial charge on any atom is 0.420 e. The molecule has 154 valence electrons. The Morgan fingerprint density at radius 2 is 2.07 bits per heavy atom. The third-order valence-corrected chi connectivity index (χ3v) is 6.24. The van der Waals surface area contributed by atoms with Crippen LogP contribution in [-0.2, 0) is 21.2 Å². The fourth-order valence-electron chi connectivity index (χ4n) is 2.81. The molecule has 0 aliphatic heterocycles. The molecule has 11 nitrogen and oxygen atoms in total. The average molecular weight is 448 g/mol. The van der Waals surface area contributed by atoms with Gasteiger partial charge >= 0.3 is 5.76 Å². The van der Waals surface area contributed by atoms with Crippen molar-refractivity contribution in [1.82, 2.24) is 9.55 Å². The van der Waals surface area contributed by atoms with E-state index in [0.717, 1.165) is 28.2 Å². The lowest BCUT2D eigenvalue weighted by atomic mass is 10.3. The highest BCUT2D eigenvalue weighted by Crippen LogP contribution is 2.28. The number of amides is 1. The molecule has 0 radical (unpaired) electrons. The molecule has 0 saturated carbocycles. The van der Waals surface area contributed by atoms with Crippen molar-refractivity contribution in [2.24, 2.45) is 0 Å². The zero-order valence-corrected chi connectivity index (χ0v) is 16.8. The number of rotatable bonds is 5. The number of aromatic nitrogens is 2. The maximum absolute atomic E-state index is 12.4. The van der Waals surface area contributed by atoms with Crippen LogP contribution in [0.1, 0.15) is 0 Å². The van der Waals surface area contributed by atoms with Gasteiger partial charge in [-0.15, -0.1) is 0 Å². The number of nitro groups is 1. The average Bonchev–Trinajstić information content (AvgIpc) is 3.19. The second-order valence-electron chi connectivity index (χ2n) is 6.33. The van der Waals surface area contributed by atoms with Gasteiger partial charge in [-0.05, 0) is 24.3 Å². The van der Waals surface area contributed by atoms with Gasteiger partial charge < -0.3 is 9.73 Å². The van der Waals surface area contributed by atoms with Gasteiger partial charge in [-0.1, -0.05) is 11.3 Å². The third kappa shape index (κ3) is 3.67. The molecule has 2 heterocycles. The topological polar surface area (TPSA) is 154 Å². The molecule has 0 atom stereocenters. The molecule has 0 aliphatic carbocycles. The largest absolute Gasteiger partial charge is 0.420 e. The summed E-state index contributed by atoms with van der Waals surface area (Å²) in [6.45, 7) is -0.395. The van der Waals surface area contributed by atoms with Crippen LogP contribution in [0.4, 0.5) is 10.8 Å². The van der Waals surface area contributed by atoms with E-state index < -0.39 is 33.0 Å². The first kappa shape index (κ1) is 19.7. The van der Waals surface area contributed by atoms with Crippen LogP contribution in [0.2, 0.25) is 0 Å². The number of nitro benzene ring substituents is 1. The second kappa shape index (κ2) is 7.03. The highest BCUT2D eigenvalue weighted by molar-refractivity contribution is 7.90. The monoisotopic (exact) mass is 448 g/mol. The quantitative estimate of drug-likeness (QED) is 0.360. The molecule has 0 fully saturated rings. The number of fused-ring (bicyclic) bond motifs is 2. The van der Waals surface area contributed by atoms with Crippen LogP contribution in [0.3, 0.4) is 0 Å². The summed E-state index contributed by atoms with van der Waals surface area (Å²) in [5.41, 5.74) is 0.509. The molecule has 4 rings (SSSR count). The summed E-state index contributed by atoms with van der Waals surface area (Å²) in [7, 11) is -3.38. The summed E-state index contributed by atoms with van der Waals surface area (Å²) >= 11 is 1.09. The van der Waals surface area contributed by atoms with E-state index in [2.05, 4.69) is 10.3 Å². The van der Waals surface area contributed by atoms with E-state index in [4.69, 9.17) is 4.42 Å². The number of hydrogen-bond acceptors (Lipinski definition) is 9. The molecule has 1 N–H and O–H groups in total. The van der Waals surface area contributed by atoms with E-state index in [1.807, 2.05) is 0 Å². The number of non-ortho nitro benzene ring substituents is 1. The number of nitrogens with zero attached hydrogens (tertiary/aromatic N) is 3. The third-order valence-electron chi connectivity index (χ3n) is 4.20. The fourth-order valence-corrected chi connectivity index (χ4v) is 4.45. The molecule has 0 bridgehead atoms. The van der Waals surface area contributed by atoms with Crippen molar-refractivity contribution < 1.29 is 22.6 Å². The number of carbonyl (C=O) groups excluding carboxylic acids is 1. The van der Waals surface area contributed by atoms with E-state index in [-0.39, 0.29) is 26.8 Å². The smallest absolute Gasteiger partial charge is 0.407 e. The fraction of sp³-hybridized carbons (Fsp3) is 0.118. The SMILES string of the molecule is CS(=O)(=O)c1ccc2nc(NC(=O)Cn3c(=O)oc4cc([N+](=O)[O-])ccc43)sc2c1. The number of nitrogens with one attached hydrogen (secondary N) is 1. The van der Waals surface area contributed by atoms with Crippen LogP contribution in [-0.4, -0.2) is 35.1 Å². The first-order valence-corrected chi connectivity index (χ1v) is 11.0. The van der Waals surface area contributed by atoms with Gasteiger partial charge in [0, 0.05) is 12.3 Å². The summed E-state index contributed by atoms with van der Waals surface area (Å²) in [6.07, 6.45) is 1.10. The minimum absolute atomic E-state index is 0.00436. The van der Waals surface area contributed by atoms with Gasteiger partial charge in [0.1, 0.15) is 6.54 Å². The van der Waals surface area contributed by atoms with Crippen molar-refractivity contribution in [3.05, 3.63) is 57.1 Å². The normalized spacial score (nSPS) is 11.8. The Hall–Kier alpha value is -3.58. The summed E-state index contributed by atoms with van der Waals surface area (Å²) in [6, 6.07) is 8.09. The van der Waals surface area contributed by atoms with Gasteiger partial charge in [0.05, 0.1) is 31.6 Å². The van der Waals surface area contributed by atoms with Gasteiger partial charge in [-0.2, -0.15) is 0 Å². The van der Waals surface area contributed by atoms with Crippen molar-refractivity contribution in [3.8, 4) is 0 Å². The predicted octanol–water partition coefficient (Wildman–Crippen LogP) is 2.15. The number of hydrogen-bond donors (Lipinski definition) is 1. The molecule has 0 unspecified atom stereocenters. The van der Waals surface area contributed by atoms with E-state index >= 15 is 0 Å². The highest BCUT2D eigenvalue weighted by atomic mass is 32.2. The first-order valence-electron chi connectivity index (χ1n) is 8.30. The van der Waals surface area contributed by atoms with Crippen LogP contribution >= 0.6 is 11.3 Å². The van der Waals surface area contributed by atoms with Crippen LogP contribution in [0.15, 0.2) is 50.5 Å². The maximum atomic E-state index is 12.4. The van der Waals surface area contributed by atoms with Crippen molar-refractivity contribution >= 4 is 59.2 Å². The van der Waals surface area contributed by atoms with E-state index in [9.17, 15) is 28.1 Å². The molecule has 0 saturated heterocycles. The van der Waals surface area contributed by atoms with E-state index in [0.29, 0.717) is 10.2 Å². The number of sulfone groups is 1. The highest BCUT2D eigenvalue weighted by Gasteiger charge is 2.17. The van der Waals surface area contributed by atoms with Gasteiger partial charge in [-0.3, -0.25) is 19.5 Å². The molecule has 2 aromatic heterocycles. The van der Waals surface area contributed by atoms with Gasteiger partial charge in [0.25, 0.3) is 5.69 Å². The van der Waals surface area contributed by atoms with E-state index in [1.54, 1.807) is 6.07 Å². The zero-order chi connectivity index (χ0) is 21.6. The van der Waals surface area contributed by atoms with Crippen LogP contribution in [0.25, 0.3) is 21.3 Å². The Morgan fingerprint density at radius 1 is 1.30 bits per heavy atom. The molecule has 13 heteroatoms. The molecular weight excluding hydrogens is 436 g/mol. The summed E-state index contributed by atoms with van der Waals surface area (Å²) in [5.74, 6) is -1.40. The Bertz CT molecular complexity index is 1500. The zero-order valence-electron chi connectivity index (χ0n) is 15.2. The standard InChI is InChI=1S/C17H12N4O7S2/c1-30(26,27)10-3-4-11-14(7-10)29-16(18-11)19-15(22)8-20-12-5-2-9(21(24)25)6-13(12)28-17(20)23/h2-7H,8H2,1H3,(H,18,19,22). The van der Waals surface area contributed by atoms with Crippen LogP contribution in [0, 0.1) is 10.1 Å². The Kier molecular flexibility index (Phi) is 4.63. The molecule has 4 aromatic rings. The Labute approximate surface area is 171 Å². The van der Waals surface area contributed by atoms with Gasteiger partial charge in [0.2, 0.25) is 5.91 Å². The van der Waals surface area contributed by atoms with Crippen molar-refractivity contribution in [2.45, 2.75) is 11.4 Å². The second-order valence-corrected chi connectivity index (χ2v) is 9.38. The minimum atomic E-state index is -3.38. The Balaban J connectivity index is 1.58. The van der Waals surface area contributed by atoms with Crippen molar-refractivity contribution in [3.63, 3.8) is 0 Å². The molecule has 2 aromatic carbocycles. The van der Waals surface area contributed by atoms with E-state index in [1.165, 1.54) is 24.3 Å². The van der Waals surface area contributed by atoms with Crippen LogP contribution in [0.5, 0.6) is 0 Å². The lowest BCUT2D eigenvalue weighted by Gasteiger charge is -2.02.